The third-order valence-corrected chi connectivity index (χ3v) is 5.42. The van der Waals surface area contributed by atoms with E-state index in [1.165, 1.54) is 18.2 Å². The van der Waals surface area contributed by atoms with Crippen LogP contribution >= 0.6 is 11.8 Å². The fourth-order valence-corrected chi connectivity index (χ4v) is 4.12. The summed E-state index contributed by atoms with van der Waals surface area (Å²) in [7, 11) is 0. The molecule has 2 aromatic rings. The van der Waals surface area contributed by atoms with Gasteiger partial charge in [0.15, 0.2) is 4.87 Å². The first kappa shape index (κ1) is 20.0. The molecule has 148 valence electrons. The van der Waals surface area contributed by atoms with Gasteiger partial charge in [0.2, 0.25) is 0 Å². The number of thioether (sulfide) groups is 1. The van der Waals surface area contributed by atoms with Crippen molar-refractivity contribution in [3.8, 4) is 0 Å². The number of fused-ring (bicyclic) bond motifs is 1. The Bertz CT molecular complexity index is 935. The van der Waals surface area contributed by atoms with E-state index >= 15 is 0 Å². The van der Waals surface area contributed by atoms with Crippen molar-refractivity contribution in [2.75, 3.05) is 16.4 Å². The molecule has 3 rings (SSSR count). The summed E-state index contributed by atoms with van der Waals surface area (Å²) in [4.78, 5) is 22.0. The van der Waals surface area contributed by atoms with Gasteiger partial charge >= 0.3 is 12.1 Å². The lowest BCUT2D eigenvalue weighted by atomic mass is 10.1. The Kier molecular flexibility index (Phi) is 5.24. The highest BCUT2D eigenvalue weighted by Crippen LogP contribution is 2.47. The minimum absolute atomic E-state index is 0.00549. The van der Waals surface area contributed by atoms with Crippen molar-refractivity contribution >= 4 is 35.0 Å². The SMILES string of the molecule is O=C(O)CCSC1(Nc2cccc(C(F)(F)F)c2)C(=O)Nc2cc(F)ccc21. The molecule has 2 aromatic carbocycles. The van der Waals surface area contributed by atoms with Crippen LogP contribution in [0, 0.1) is 5.82 Å². The number of alkyl halides is 3. The zero-order chi connectivity index (χ0) is 20.5. The van der Waals surface area contributed by atoms with Crippen LogP contribution in [-0.2, 0) is 20.6 Å². The fourth-order valence-electron chi connectivity index (χ4n) is 2.83. The predicted octanol–water partition coefficient (Wildman–Crippen LogP) is 4.27. The van der Waals surface area contributed by atoms with E-state index < -0.39 is 34.3 Å². The number of carbonyl (C=O) groups excluding carboxylic acids is 1. The van der Waals surface area contributed by atoms with Crippen molar-refractivity contribution in [2.24, 2.45) is 0 Å². The fraction of sp³-hybridized carbons (Fsp3) is 0.222. The molecular formula is C18H14F4N2O3S. The van der Waals surface area contributed by atoms with E-state index in [-0.39, 0.29) is 23.5 Å². The molecule has 1 aliphatic rings. The number of rotatable bonds is 6. The molecule has 1 amide bonds. The van der Waals surface area contributed by atoms with Gasteiger partial charge in [-0.15, -0.1) is 11.8 Å². The van der Waals surface area contributed by atoms with Crippen molar-refractivity contribution < 1.29 is 32.3 Å². The molecule has 0 saturated carbocycles. The van der Waals surface area contributed by atoms with Crippen LogP contribution in [-0.4, -0.2) is 22.7 Å². The second-order valence-electron chi connectivity index (χ2n) is 6.02. The number of aliphatic carboxylic acids is 1. The van der Waals surface area contributed by atoms with Crippen molar-refractivity contribution in [1.29, 1.82) is 0 Å². The van der Waals surface area contributed by atoms with Crippen LogP contribution in [0.4, 0.5) is 28.9 Å². The van der Waals surface area contributed by atoms with Gasteiger partial charge in [0.05, 0.1) is 17.7 Å². The molecule has 1 heterocycles. The number of anilines is 2. The van der Waals surface area contributed by atoms with E-state index in [4.69, 9.17) is 5.11 Å². The zero-order valence-corrected chi connectivity index (χ0v) is 15.0. The van der Waals surface area contributed by atoms with Crippen LogP contribution in [0.2, 0.25) is 0 Å². The molecule has 0 aliphatic carbocycles. The number of amides is 1. The minimum Gasteiger partial charge on any atom is -0.481 e. The van der Waals surface area contributed by atoms with Crippen LogP contribution in [0.5, 0.6) is 0 Å². The average Bonchev–Trinajstić information content (AvgIpc) is 2.85. The maximum absolute atomic E-state index is 13.5. The molecule has 0 aromatic heterocycles. The van der Waals surface area contributed by atoms with Crippen molar-refractivity contribution in [1.82, 2.24) is 0 Å². The largest absolute Gasteiger partial charge is 0.481 e. The maximum atomic E-state index is 13.5. The van der Waals surface area contributed by atoms with Gasteiger partial charge in [0.1, 0.15) is 5.82 Å². The molecule has 1 atom stereocenters. The summed E-state index contributed by atoms with van der Waals surface area (Å²) in [6.07, 6.45) is -4.83. The van der Waals surface area contributed by atoms with E-state index in [9.17, 15) is 27.2 Å². The third kappa shape index (κ3) is 3.91. The minimum atomic E-state index is -4.57. The number of carboxylic acids is 1. The summed E-state index contributed by atoms with van der Waals surface area (Å²) in [6.45, 7) is 0. The van der Waals surface area contributed by atoms with E-state index in [0.717, 1.165) is 36.0 Å². The lowest BCUT2D eigenvalue weighted by Crippen LogP contribution is -2.39. The first-order chi connectivity index (χ1) is 13.1. The van der Waals surface area contributed by atoms with Gasteiger partial charge < -0.3 is 15.7 Å². The van der Waals surface area contributed by atoms with Crippen LogP contribution in [0.1, 0.15) is 17.5 Å². The number of carbonyl (C=O) groups is 2. The van der Waals surface area contributed by atoms with Gasteiger partial charge in [-0.2, -0.15) is 13.2 Å². The molecule has 1 unspecified atom stereocenters. The lowest BCUT2D eigenvalue weighted by molar-refractivity contribution is -0.138. The van der Waals surface area contributed by atoms with Gasteiger partial charge in [-0.05, 0) is 30.3 Å². The average molecular weight is 414 g/mol. The highest BCUT2D eigenvalue weighted by Gasteiger charge is 2.48. The second-order valence-corrected chi connectivity index (χ2v) is 7.33. The molecule has 1 aliphatic heterocycles. The van der Waals surface area contributed by atoms with Gasteiger partial charge in [-0.1, -0.05) is 12.1 Å². The molecular weight excluding hydrogens is 400 g/mol. The smallest absolute Gasteiger partial charge is 0.416 e. The van der Waals surface area contributed by atoms with Gasteiger partial charge in [-0.25, -0.2) is 4.39 Å². The van der Waals surface area contributed by atoms with Crippen LogP contribution in [0.3, 0.4) is 0 Å². The predicted molar refractivity (Wildman–Crippen MR) is 96.5 cm³/mol. The molecule has 0 saturated heterocycles. The third-order valence-electron chi connectivity index (χ3n) is 4.07. The molecule has 0 bridgehead atoms. The summed E-state index contributed by atoms with van der Waals surface area (Å²) in [5, 5.41) is 14.2. The molecule has 5 nitrogen and oxygen atoms in total. The number of halogens is 4. The topological polar surface area (TPSA) is 78.4 Å². The summed E-state index contributed by atoms with van der Waals surface area (Å²) in [6, 6.07) is 7.88. The number of hydrogen-bond acceptors (Lipinski definition) is 4. The molecule has 10 heteroatoms. The Hall–Kier alpha value is -2.75. The van der Waals surface area contributed by atoms with Gasteiger partial charge in [0, 0.05) is 17.0 Å². The molecule has 0 fully saturated rings. The standard InChI is InChI=1S/C18H14F4N2O3S/c19-11-4-5-13-14(9-11)23-16(27)17(13,28-7-6-15(25)26)24-12-3-1-2-10(8-12)18(20,21)22/h1-5,8-9,24H,6-7H2,(H,23,27)(H,25,26). The van der Waals surface area contributed by atoms with Crippen molar-refractivity contribution in [2.45, 2.75) is 17.5 Å². The van der Waals surface area contributed by atoms with Crippen molar-refractivity contribution in [3.05, 3.63) is 59.4 Å². The Morgan fingerprint density at radius 2 is 1.96 bits per heavy atom. The Morgan fingerprint density at radius 3 is 2.64 bits per heavy atom. The van der Waals surface area contributed by atoms with E-state index in [0.29, 0.717) is 5.56 Å². The maximum Gasteiger partial charge on any atom is 0.416 e. The second kappa shape index (κ2) is 7.34. The summed E-state index contributed by atoms with van der Waals surface area (Å²) in [5.41, 5.74) is -0.398. The number of benzene rings is 2. The van der Waals surface area contributed by atoms with Crippen LogP contribution in [0.25, 0.3) is 0 Å². The Balaban J connectivity index is 2.02. The monoisotopic (exact) mass is 414 g/mol. The zero-order valence-electron chi connectivity index (χ0n) is 14.1. The summed E-state index contributed by atoms with van der Waals surface area (Å²) >= 11 is 0.917. The van der Waals surface area contributed by atoms with E-state index in [1.807, 2.05) is 0 Å². The first-order valence-electron chi connectivity index (χ1n) is 8.04. The first-order valence-corrected chi connectivity index (χ1v) is 9.03. The molecule has 0 spiro atoms. The van der Waals surface area contributed by atoms with Crippen LogP contribution < -0.4 is 10.6 Å². The van der Waals surface area contributed by atoms with E-state index in [1.54, 1.807) is 0 Å². The molecule has 3 N–H and O–H groups in total. The Labute approximate surface area is 161 Å². The highest BCUT2D eigenvalue weighted by atomic mass is 32.2. The lowest BCUT2D eigenvalue weighted by Gasteiger charge is -2.29. The summed E-state index contributed by atoms with van der Waals surface area (Å²) < 4.78 is 52.6. The number of hydrogen-bond donors (Lipinski definition) is 3. The normalized spacial score (nSPS) is 18.5. The quantitative estimate of drug-likeness (QED) is 0.486. The number of carboxylic acid groups (broad SMARTS) is 1. The van der Waals surface area contributed by atoms with Gasteiger partial charge in [0.25, 0.3) is 5.91 Å². The summed E-state index contributed by atoms with van der Waals surface area (Å²) in [5.74, 6) is -2.30. The Morgan fingerprint density at radius 1 is 1.21 bits per heavy atom. The van der Waals surface area contributed by atoms with Crippen molar-refractivity contribution in [3.63, 3.8) is 0 Å². The number of nitrogens with one attached hydrogen (secondary N) is 2. The molecule has 0 radical (unpaired) electrons. The highest BCUT2D eigenvalue weighted by molar-refractivity contribution is 8.01. The van der Waals surface area contributed by atoms with Gasteiger partial charge in [-0.3, -0.25) is 9.59 Å². The van der Waals surface area contributed by atoms with E-state index in [2.05, 4.69) is 10.6 Å². The molecule has 28 heavy (non-hydrogen) atoms. The van der Waals surface area contributed by atoms with Crippen LogP contribution in [0.15, 0.2) is 42.5 Å².